The molecule has 3 heterocycles. The van der Waals surface area contributed by atoms with Crippen LogP contribution in [0.15, 0.2) is 54.7 Å². The molecule has 2 aliphatic heterocycles. The first-order chi connectivity index (χ1) is 15.2. The van der Waals surface area contributed by atoms with Crippen LogP contribution < -0.4 is 15.2 Å². The van der Waals surface area contributed by atoms with Crippen LogP contribution in [0.2, 0.25) is 0 Å². The summed E-state index contributed by atoms with van der Waals surface area (Å²) in [6, 6.07) is 13.4. The minimum absolute atomic E-state index is 0.0868. The first-order valence-corrected chi connectivity index (χ1v) is 10.5. The Balaban J connectivity index is 1.51. The van der Waals surface area contributed by atoms with Crippen LogP contribution in [-0.4, -0.2) is 80.3 Å². The van der Waals surface area contributed by atoms with Gasteiger partial charge in [-0.25, -0.2) is 10.4 Å². The molecule has 1 atom stereocenters. The summed E-state index contributed by atoms with van der Waals surface area (Å²) in [4.78, 5) is 21.9. The molecule has 1 fully saturated rings. The van der Waals surface area contributed by atoms with Crippen molar-refractivity contribution in [2.45, 2.75) is 6.04 Å². The van der Waals surface area contributed by atoms with Crippen molar-refractivity contribution >= 4 is 17.3 Å². The van der Waals surface area contributed by atoms with Gasteiger partial charge in [0.25, 0.3) is 0 Å². The van der Waals surface area contributed by atoms with Crippen LogP contribution >= 0.6 is 0 Å². The molecular formula is C23H29N5O3. The zero-order valence-corrected chi connectivity index (χ0v) is 18.0. The predicted molar refractivity (Wildman–Crippen MR) is 120 cm³/mol. The fraction of sp³-hybridized carbons (Fsp3) is 0.391. The number of nitrogens with one attached hydrogen (secondary N) is 1. The van der Waals surface area contributed by atoms with Crippen molar-refractivity contribution in [2.75, 3.05) is 58.6 Å². The van der Waals surface area contributed by atoms with Gasteiger partial charge in [-0.2, -0.15) is 0 Å². The van der Waals surface area contributed by atoms with Crippen LogP contribution in [-0.2, 0) is 9.53 Å². The average molecular weight is 424 g/mol. The summed E-state index contributed by atoms with van der Waals surface area (Å²) in [6.07, 6.45) is 3.74. The van der Waals surface area contributed by atoms with Crippen LogP contribution in [0.5, 0.6) is 5.88 Å². The third kappa shape index (κ3) is 4.87. The minimum Gasteiger partial charge on any atom is -0.481 e. The first kappa shape index (κ1) is 21.3. The smallest absolute Gasteiger partial charge is 0.245 e. The molecule has 0 spiro atoms. The Kier molecular flexibility index (Phi) is 6.81. The Labute approximate surface area is 183 Å². The van der Waals surface area contributed by atoms with Gasteiger partial charge in [0.2, 0.25) is 11.8 Å². The van der Waals surface area contributed by atoms with E-state index < -0.39 is 6.04 Å². The number of methoxy groups -OCH3 is 2. The number of hydrogen-bond acceptors (Lipinski definition) is 7. The number of pyridine rings is 1. The van der Waals surface area contributed by atoms with E-state index in [-0.39, 0.29) is 5.91 Å². The van der Waals surface area contributed by atoms with Gasteiger partial charge in [-0.1, -0.05) is 30.3 Å². The average Bonchev–Trinajstić information content (AvgIpc) is 3.29. The normalized spacial score (nSPS) is 19.4. The molecule has 1 saturated heterocycles. The summed E-state index contributed by atoms with van der Waals surface area (Å²) in [5.41, 5.74) is 6.18. The highest BCUT2D eigenvalue weighted by atomic mass is 16.5. The number of nitrogens with zero attached hydrogens (tertiary/aromatic N) is 4. The van der Waals surface area contributed by atoms with Gasteiger partial charge >= 0.3 is 0 Å². The Morgan fingerprint density at radius 3 is 2.52 bits per heavy atom. The monoisotopic (exact) mass is 423 g/mol. The lowest BCUT2D eigenvalue weighted by molar-refractivity contribution is -0.133. The summed E-state index contributed by atoms with van der Waals surface area (Å²) >= 11 is 0. The number of aromatic nitrogens is 1. The fourth-order valence-corrected chi connectivity index (χ4v) is 3.89. The van der Waals surface area contributed by atoms with E-state index in [1.807, 2.05) is 58.4 Å². The third-order valence-electron chi connectivity index (χ3n) is 5.65. The lowest BCUT2D eigenvalue weighted by atomic mass is 10.1. The standard InChI is InChI=1S/C23H29N5O3/c1-30-15-14-26-10-12-27(13-11-26)23(29)20-16-21(18-6-4-3-5-7-18)28(25-20)19-8-9-22(31-2)24-17-19/h3-9,16-17,20,25H,10-15H2,1-2H3. The molecule has 164 valence electrons. The number of ether oxygens (including phenoxy) is 2. The Morgan fingerprint density at radius 1 is 1.10 bits per heavy atom. The number of benzene rings is 1. The molecule has 1 aromatic carbocycles. The second-order valence-electron chi connectivity index (χ2n) is 7.58. The van der Waals surface area contributed by atoms with Gasteiger partial charge in [-0.3, -0.25) is 14.7 Å². The summed E-state index contributed by atoms with van der Waals surface area (Å²) < 4.78 is 10.3. The van der Waals surface area contributed by atoms with E-state index in [0.29, 0.717) is 12.5 Å². The molecule has 1 N–H and O–H groups in total. The van der Waals surface area contributed by atoms with Crippen LogP contribution in [0.4, 0.5) is 5.69 Å². The van der Waals surface area contributed by atoms with Gasteiger partial charge in [0.1, 0.15) is 6.04 Å². The second-order valence-corrected chi connectivity index (χ2v) is 7.58. The molecule has 31 heavy (non-hydrogen) atoms. The highest BCUT2D eigenvalue weighted by molar-refractivity contribution is 5.92. The van der Waals surface area contributed by atoms with Crippen LogP contribution in [0, 0.1) is 0 Å². The third-order valence-corrected chi connectivity index (χ3v) is 5.65. The molecule has 0 bridgehead atoms. The Bertz CT molecular complexity index is 895. The maximum absolute atomic E-state index is 13.3. The zero-order chi connectivity index (χ0) is 21.6. The molecule has 1 amide bonds. The van der Waals surface area contributed by atoms with Crippen molar-refractivity contribution in [3.63, 3.8) is 0 Å². The molecule has 2 aliphatic rings. The highest BCUT2D eigenvalue weighted by Crippen LogP contribution is 2.30. The molecule has 1 unspecified atom stereocenters. The first-order valence-electron chi connectivity index (χ1n) is 10.5. The molecule has 0 radical (unpaired) electrons. The molecule has 0 aliphatic carbocycles. The molecule has 4 rings (SSSR count). The van der Waals surface area contributed by atoms with Gasteiger partial charge in [-0.05, 0) is 17.7 Å². The van der Waals surface area contributed by atoms with E-state index in [4.69, 9.17) is 9.47 Å². The van der Waals surface area contributed by atoms with Crippen molar-refractivity contribution in [3.05, 3.63) is 60.3 Å². The van der Waals surface area contributed by atoms with Gasteiger partial charge in [0.05, 0.1) is 31.3 Å². The Hall–Kier alpha value is -2.94. The SMILES string of the molecule is COCCN1CCN(C(=O)C2C=C(c3ccccc3)N(c3ccc(OC)nc3)N2)CC1. The molecule has 0 saturated carbocycles. The topological polar surface area (TPSA) is 70.2 Å². The maximum Gasteiger partial charge on any atom is 0.245 e. The van der Waals surface area contributed by atoms with Gasteiger partial charge in [0.15, 0.2) is 0 Å². The Morgan fingerprint density at radius 2 is 1.87 bits per heavy atom. The van der Waals surface area contributed by atoms with E-state index >= 15 is 0 Å². The van der Waals surface area contributed by atoms with Crippen molar-refractivity contribution in [1.29, 1.82) is 0 Å². The van der Waals surface area contributed by atoms with Crippen molar-refractivity contribution < 1.29 is 14.3 Å². The highest BCUT2D eigenvalue weighted by Gasteiger charge is 2.33. The summed E-state index contributed by atoms with van der Waals surface area (Å²) in [7, 11) is 3.31. The van der Waals surface area contributed by atoms with Crippen LogP contribution in [0.3, 0.4) is 0 Å². The largest absolute Gasteiger partial charge is 0.481 e. The summed E-state index contributed by atoms with van der Waals surface area (Å²) in [5, 5.41) is 1.93. The molecular weight excluding hydrogens is 394 g/mol. The molecule has 2 aromatic rings. The van der Waals surface area contributed by atoms with Gasteiger partial charge in [0, 0.05) is 45.9 Å². The molecule has 8 nitrogen and oxygen atoms in total. The van der Waals surface area contributed by atoms with E-state index in [2.05, 4.69) is 15.3 Å². The van der Waals surface area contributed by atoms with Gasteiger partial charge < -0.3 is 14.4 Å². The van der Waals surface area contributed by atoms with E-state index in [1.165, 1.54) is 0 Å². The number of amides is 1. The lowest BCUT2D eigenvalue weighted by Gasteiger charge is -2.35. The fourth-order valence-electron chi connectivity index (χ4n) is 3.89. The summed E-state index contributed by atoms with van der Waals surface area (Å²) in [6.45, 7) is 4.79. The molecule has 1 aromatic heterocycles. The zero-order valence-electron chi connectivity index (χ0n) is 18.0. The number of hydrogen-bond donors (Lipinski definition) is 1. The lowest BCUT2D eigenvalue weighted by Crippen LogP contribution is -2.54. The van der Waals surface area contributed by atoms with E-state index in [0.717, 1.165) is 49.7 Å². The molecule has 8 heteroatoms. The van der Waals surface area contributed by atoms with Crippen molar-refractivity contribution in [2.24, 2.45) is 0 Å². The van der Waals surface area contributed by atoms with Gasteiger partial charge in [-0.15, -0.1) is 0 Å². The number of carbonyl (C=O) groups excluding carboxylic acids is 1. The predicted octanol–water partition coefficient (Wildman–Crippen LogP) is 1.62. The quantitative estimate of drug-likeness (QED) is 0.726. The number of piperazine rings is 1. The van der Waals surface area contributed by atoms with E-state index in [1.54, 1.807) is 20.4 Å². The summed E-state index contributed by atoms with van der Waals surface area (Å²) in [5.74, 6) is 0.635. The van der Waals surface area contributed by atoms with Crippen LogP contribution in [0.25, 0.3) is 5.70 Å². The van der Waals surface area contributed by atoms with Crippen LogP contribution in [0.1, 0.15) is 5.56 Å². The minimum atomic E-state index is -0.428. The number of anilines is 1. The number of rotatable bonds is 7. The van der Waals surface area contributed by atoms with E-state index in [9.17, 15) is 4.79 Å². The number of hydrazine groups is 1. The van der Waals surface area contributed by atoms with Crippen molar-refractivity contribution in [3.8, 4) is 5.88 Å². The second kappa shape index (κ2) is 9.91. The number of carbonyl (C=O) groups is 1. The maximum atomic E-state index is 13.3. The van der Waals surface area contributed by atoms with Crippen molar-refractivity contribution in [1.82, 2.24) is 20.2 Å².